The number of aliphatic hydroxyl groups excluding tert-OH is 2. The number of nitrogens with one attached hydrogen (secondary N) is 2. The van der Waals surface area contributed by atoms with Crippen molar-refractivity contribution in [3.05, 3.63) is 90.3 Å². The molecule has 288 valence electrons. The third kappa shape index (κ3) is 21.5. The number of unbranched alkanes of at least 4 members (excludes halogenated alkanes) is 2. The van der Waals surface area contributed by atoms with Gasteiger partial charge in [0.2, 0.25) is 5.91 Å². The van der Waals surface area contributed by atoms with Crippen LogP contribution in [-0.4, -0.2) is 103 Å². The van der Waals surface area contributed by atoms with Gasteiger partial charge in [-0.2, -0.15) is 0 Å². The largest absolute Gasteiger partial charge is 0.456 e. The lowest BCUT2D eigenvalue weighted by atomic mass is 10.1. The second-order valence-electron chi connectivity index (χ2n) is 12.6. The first kappa shape index (κ1) is 44.3. The third-order valence-corrected chi connectivity index (χ3v) is 8.32. The number of hydrogen-bond acceptors (Lipinski definition) is 9. The van der Waals surface area contributed by atoms with Gasteiger partial charge < -0.3 is 30.3 Å². The fourth-order valence-electron chi connectivity index (χ4n) is 5.22. The van der Waals surface area contributed by atoms with Crippen molar-refractivity contribution in [2.75, 3.05) is 52.6 Å². The van der Waals surface area contributed by atoms with Gasteiger partial charge in [-0.25, -0.2) is 4.79 Å². The Hall–Kier alpha value is -3.90. The van der Waals surface area contributed by atoms with Crippen LogP contribution in [0.4, 0.5) is 0 Å². The quantitative estimate of drug-likeness (QED) is 0.0549. The highest BCUT2D eigenvalue weighted by Crippen LogP contribution is 2.09. The van der Waals surface area contributed by atoms with Crippen LogP contribution in [0.3, 0.4) is 0 Å². The van der Waals surface area contributed by atoms with Crippen molar-refractivity contribution in [3.63, 3.8) is 0 Å². The van der Waals surface area contributed by atoms with Gasteiger partial charge in [0.15, 0.2) is 0 Å². The fraction of sp³-hybridized carbons (Fsp3) is 0.561. The van der Waals surface area contributed by atoms with E-state index in [1.54, 1.807) is 12.3 Å². The van der Waals surface area contributed by atoms with Gasteiger partial charge in [0.05, 0.1) is 32.0 Å². The lowest BCUT2D eigenvalue weighted by molar-refractivity contribution is -0.157. The zero-order valence-corrected chi connectivity index (χ0v) is 31.1. The van der Waals surface area contributed by atoms with Crippen molar-refractivity contribution >= 4 is 17.8 Å². The second kappa shape index (κ2) is 29.7. The van der Waals surface area contributed by atoms with E-state index in [-0.39, 0.29) is 24.7 Å². The molecule has 1 aliphatic heterocycles. The maximum Gasteiger partial charge on any atom is 0.329 e. The number of ether oxygens (including phenoxy) is 2. The first-order chi connectivity index (χ1) is 25.5. The number of carbonyl (C=O) groups excluding carboxylic acids is 3. The number of amides is 2. The summed E-state index contributed by atoms with van der Waals surface area (Å²) >= 11 is 0. The molecule has 1 aliphatic rings. The zero-order valence-electron chi connectivity index (χ0n) is 31.1. The number of rotatable bonds is 27. The topological polar surface area (TPSA) is 150 Å². The van der Waals surface area contributed by atoms with E-state index >= 15 is 0 Å². The fourth-order valence-corrected chi connectivity index (χ4v) is 5.22. The van der Waals surface area contributed by atoms with Crippen molar-refractivity contribution in [1.82, 2.24) is 20.5 Å². The Morgan fingerprint density at radius 2 is 1.52 bits per heavy atom. The Bertz CT molecular complexity index is 1270. The summed E-state index contributed by atoms with van der Waals surface area (Å²) in [5.74, 6) is -1.20. The van der Waals surface area contributed by atoms with Gasteiger partial charge >= 0.3 is 5.97 Å². The summed E-state index contributed by atoms with van der Waals surface area (Å²) in [7, 11) is 0. The van der Waals surface area contributed by atoms with Crippen LogP contribution in [0.25, 0.3) is 0 Å². The van der Waals surface area contributed by atoms with Gasteiger partial charge in [-0.3, -0.25) is 19.5 Å². The number of morpholine rings is 1. The number of aliphatic hydroxyl groups is 2. The monoisotopic (exact) mass is 722 g/mol. The van der Waals surface area contributed by atoms with Crippen molar-refractivity contribution in [1.29, 1.82) is 0 Å². The minimum atomic E-state index is -1.05. The zero-order chi connectivity index (χ0) is 37.5. The highest BCUT2D eigenvalue weighted by atomic mass is 16.6. The van der Waals surface area contributed by atoms with E-state index in [2.05, 4.69) is 88.2 Å². The predicted octanol–water partition coefficient (Wildman–Crippen LogP) is 5.16. The summed E-state index contributed by atoms with van der Waals surface area (Å²) in [5, 5.41) is 24.3. The van der Waals surface area contributed by atoms with Crippen molar-refractivity contribution in [2.45, 2.75) is 96.1 Å². The van der Waals surface area contributed by atoms with Crippen LogP contribution in [0.2, 0.25) is 0 Å². The van der Waals surface area contributed by atoms with Crippen LogP contribution < -0.4 is 10.6 Å². The molecule has 2 rings (SSSR count). The Morgan fingerprint density at radius 1 is 0.885 bits per heavy atom. The van der Waals surface area contributed by atoms with Crippen LogP contribution in [0.1, 0.15) is 93.6 Å². The minimum absolute atomic E-state index is 0.224. The molecular formula is C41H62N4O7. The van der Waals surface area contributed by atoms with E-state index in [9.17, 15) is 24.6 Å². The van der Waals surface area contributed by atoms with Crippen LogP contribution in [0, 0.1) is 0 Å². The van der Waals surface area contributed by atoms with E-state index in [1.165, 1.54) is 0 Å². The molecule has 52 heavy (non-hydrogen) atoms. The van der Waals surface area contributed by atoms with Crippen LogP contribution in [0.5, 0.6) is 0 Å². The number of hydrogen-bond donors (Lipinski definition) is 4. The molecular weight excluding hydrogens is 660 g/mol. The molecule has 0 unspecified atom stereocenters. The van der Waals surface area contributed by atoms with Gasteiger partial charge in [0.1, 0.15) is 12.1 Å². The van der Waals surface area contributed by atoms with Gasteiger partial charge in [-0.15, -0.1) is 0 Å². The normalized spacial score (nSPS) is 14.8. The molecule has 0 aromatic carbocycles. The highest BCUT2D eigenvalue weighted by Gasteiger charge is 2.24. The SMILES string of the molecule is CC/C=C\C/C=C\C/C=C\C/C=C\C/C=C\CCCC(=O)N[C@@H](CCCCNC(=O)c1ccc(CCN2CCOCC2)nc1)C(=O)OC(CO)CO. The van der Waals surface area contributed by atoms with E-state index in [1.807, 2.05) is 6.07 Å². The number of aromatic nitrogens is 1. The Morgan fingerprint density at radius 3 is 2.12 bits per heavy atom. The lowest BCUT2D eigenvalue weighted by Gasteiger charge is -2.26. The molecule has 1 saturated heterocycles. The summed E-state index contributed by atoms with van der Waals surface area (Å²) in [6.45, 7) is 5.74. The molecule has 1 fully saturated rings. The minimum Gasteiger partial charge on any atom is -0.456 e. The summed E-state index contributed by atoms with van der Waals surface area (Å²) in [6.07, 6.45) is 30.5. The van der Waals surface area contributed by atoms with Crippen LogP contribution in [-0.2, 0) is 25.5 Å². The van der Waals surface area contributed by atoms with E-state index in [0.717, 1.165) is 83.5 Å². The molecule has 2 amide bonds. The summed E-state index contributed by atoms with van der Waals surface area (Å²) in [6, 6.07) is 2.73. The molecule has 0 saturated carbocycles. The average molecular weight is 723 g/mol. The Labute approximate surface area is 310 Å². The molecule has 11 heteroatoms. The van der Waals surface area contributed by atoms with Crippen molar-refractivity contribution in [3.8, 4) is 0 Å². The van der Waals surface area contributed by atoms with Crippen molar-refractivity contribution < 1.29 is 34.1 Å². The molecule has 0 bridgehead atoms. The van der Waals surface area contributed by atoms with Crippen LogP contribution in [0.15, 0.2) is 79.1 Å². The van der Waals surface area contributed by atoms with Gasteiger partial charge in [0, 0.05) is 50.9 Å². The summed E-state index contributed by atoms with van der Waals surface area (Å²) in [5.41, 5.74) is 1.41. The summed E-state index contributed by atoms with van der Waals surface area (Å²) < 4.78 is 10.6. The number of allylic oxidation sites excluding steroid dienone is 10. The smallest absolute Gasteiger partial charge is 0.329 e. The van der Waals surface area contributed by atoms with Gasteiger partial charge in [-0.05, 0) is 76.3 Å². The maximum atomic E-state index is 12.8. The maximum absolute atomic E-state index is 12.8. The number of pyridine rings is 1. The first-order valence-corrected chi connectivity index (χ1v) is 19.0. The summed E-state index contributed by atoms with van der Waals surface area (Å²) in [4.78, 5) is 44.9. The molecule has 1 aromatic heterocycles. The van der Waals surface area contributed by atoms with E-state index < -0.39 is 31.3 Å². The van der Waals surface area contributed by atoms with E-state index in [4.69, 9.17) is 9.47 Å². The third-order valence-electron chi connectivity index (χ3n) is 8.32. The van der Waals surface area contributed by atoms with Crippen molar-refractivity contribution in [2.24, 2.45) is 0 Å². The number of esters is 1. The molecule has 1 atom stereocenters. The standard InChI is InChI=1S/C41H62N4O7/c1-2-3-4-5-6-7-8-9-10-11-12-13-14-15-16-17-18-22-39(48)44-38(41(50)52-37(33-46)34-47)21-19-20-26-42-40(49)35-23-24-36(43-32-35)25-27-45-28-30-51-31-29-45/h3-4,6-7,9-10,12-13,15-16,23-24,32,37-38,46-47H,2,5,8,11,14,17-22,25-31,33-34H2,1H3,(H,42,49)(H,44,48)/b4-3-,7-6-,10-9-,13-12-,16-15-/t38-/m0/s1. The Balaban J connectivity index is 1.66. The predicted molar refractivity (Wildman–Crippen MR) is 206 cm³/mol. The molecule has 11 nitrogen and oxygen atoms in total. The van der Waals surface area contributed by atoms with Crippen LogP contribution >= 0.6 is 0 Å². The number of carbonyl (C=O) groups is 3. The van der Waals surface area contributed by atoms with E-state index in [0.29, 0.717) is 31.4 Å². The molecule has 0 spiro atoms. The first-order valence-electron chi connectivity index (χ1n) is 19.0. The molecule has 1 aromatic rings. The number of nitrogens with zero attached hydrogens (tertiary/aromatic N) is 2. The van der Waals surface area contributed by atoms with Gasteiger partial charge in [-0.1, -0.05) is 67.7 Å². The average Bonchev–Trinajstić information content (AvgIpc) is 3.17. The van der Waals surface area contributed by atoms with Gasteiger partial charge in [0.25, 0.3) is 5.91 Å². The Kier molecular flexibility index (Phi) is 25.2. The lowest BCUT2D eigenvalue weighted by Crippen LogP contribution is -2.44. The molecule has 2 heterocycles. The molecule has 0 aliphatic carbocycles. The molecule has 0 radical (unpaired) electrons. The highest BCUT2D eigenvalue weighted by molar-refractivity contribution is 5.93. The molecule has 4 N–H and O–H groups in total. The second-order valence-corrected chi connectivity index (χ2v) is 12.6.